The van der Waals surface area contributed by atoms with Crippen molar-refractivity contribution in [3.8, 4) is 28.4 Å². The van der Waals surface area contributed by atoms with E-state index in [0.29, 0.717) is 17.0 Å². The first-order valence-corrected chi connectivity index (χ1v) is 8.30. The number of hydrogen-bond donors (Lipinski definition) is 1. The second kappa shape index (κ2) is 6.63. The fraction of sp³-hybridized carbons (Fsp3) is 0.222. The second-order valence-electron chi connectivity index (χ2n) is 6.24. The number of imidazole rings is 1. The Kier molecular flexibility index (Phi) is 4.25. The van der Waals surface area contributed by atoms with Gasteiger partial charge >= 0.3 is 12.3 Å². The number of rotatable bonds is 5. The molecule has 1 aliphatic carbocycles. The van der Waals surface area contributed by atoms with Gasteiger partial charge < -0.3 is 14.4 Å². The molecule has 144 valence electrons. The molecule has 2 aromatic heterocycles. The summed E-state index contributed by atoms with van der Waals surface area (Å²) in [5, 5.41) is 9.77. The molecule has 1 aliphatic rings. The van der Waals surface area contributed by atoms with Crippen LogP contribution < -0.4 is 4.74 Å². The van der Waals surface area contributed by atoms with E-state index in [0.717, 1.165) is 12.8 Å². The number of aromatic nitrogens is 4. The van der Waals surface area contributed by atoms with Crippen LogP contribution in [-0.2, 0) is 0 Å². The fourth-order valence-electron chi connectivity index (χ4n) is 2.96. The molecule has 10 heteroatoms. The first kappa shape index (κ1) is 18.0. The van der Waals surface area contributed by atoms with Crippen LogP contribution in [0, 0.1) is 0 Å². The molecular formula is C18H13F3N4O3. The van der Waals surface area contributed by atoms with E-state index < -0.39 is 12.3 Å². The van der Waals surface area contributed by atoms with Crippen molar-refractivity contribution in [3.63, 3.8) is 0 Å². The second-order valence-corrected chi connectivity index (χ2v) is 6.24. The van der Waals surface area contributed by atoms with Gasteiger partial charge in [0.05, 0.1) is 0 Å². The van der Waals surface area contributed by atoms with Crippen molar-refractivity contribution in [3.05, 3.63) is 48.7 Å². The maximum atomic E-state index is 12.4. The van der Waals surface area contributed by atoms with Crippen LogP contribution in [0.4, 0.5) is 13.2 Å². The third kappa shape index (κ3) is 3.53. The number of alkyl halides is 3. The standard InChI is InChI=1S/C18H13F3N4O3/c19-18(20,21)28-13-5-1-10(2-6-13)16-24-14(11-7-22-9-23-8-11)15(17(26)27)25(16)12-3-4-12/h1-2,5-9,12H,3-4H2,(H,26,27). The minimum Gasteiger partial charge on any atom is -0.477 e. The monoisotopic (exact) mass is 390 g/mol. The lowest BCUT2D eigenvalue weighted by Gasteiger charge is -2.11. The summed E-state index contributed by atoms with van der Waals surface area (Å²) in [6.07, 6.45) is 1.05. The number of aromatic carboxylic acids is 1. The van der Waals surface area contributed by atoms with Gasteiger partial charge in [0.15, 0.2) is 5.69 Å². The molecule has 1 saturated carbocycles. The Hall–Kier alpha value is -3.43. The van der Waals surface area contributed by atoms with Crippen LogP contribution in [0.25, 0.3) is 22.6 Å². The number of hydrogen-bond acceptors (Lipinski definition) is 5. The summed E-state index contributed by atoms with van der Waals surface area (Å²) in [6.45, 7) is 0. The maximum absolute atomic E-state index is 12.4. The number of carboxylic acid groups (broad SMARTS) is 1. The normalized spacial score (nSPS) is 14.1. The Labute approximate surface area is 156 Å². The third-order valence-corrected chi connectivity index (χ3v) is 4.21. The molecule has 4 rings (SSSR count). The van der Waals surface area contributed by atoms with Crippen LogP contribution >= 0.6 is 0 Å². The zero-order valence-electron chi connectivity index (χ0n) is 14.2. The Morgan fingerprint density at radius 3 is 2.29 bits per heavy atom. The first-order valence-electron chi connectivity index (χ1n) is 8.30. The lowest BCUT2D eigenvalue weighted by molar-refractivity contribution is -0.274. The minimum absolute atomic E-state index is 0.00270. The first-order chi connectivity index (χ1) is 13.3. The number of carbonyl (C=O) groups is 1. The summed E-state index contributed by atoms with van der Waals surface area (Å²) in [6, 6.07) is 5.14. The van der Waals surface area contributed by atoms with E-state index in [2.05, 4.69) is 19.7 Å². The summed E-state index contributed by atoms with van der Waals surface area (Å²) in [4.78, 5) is 24.2. The van der Waals surface area contributed by atoms with Crippen molar-refractivity contribution in [2.24, 2.45) is 0 Å². The summed E-state index contributed by atoms with van der Waals surface area (Å²) < 4.78 is 42.6. The fourth-order valence-corrected chi connectivity index (χ4v) is 2.96. The molecule has 28 heavy (non-hydrogen) atoms. The zero-order chi connectivity index (χ0) is 19.9. The summed E-state index contributed by atoms with van der Waals surface area (Å²) >= 11 is 0. The summed E-state index contributed by atoms with van der Waals surface area (Å²) in [7, 11) is 0. The van der Waals surface area contributed by atoms with Crippen molar-refractivity contribution in [2.45, 2.75) is 25.2 Å². The SMILES string of the molecule is O=C(O)c1c(-c2cncnc2)nc(-c2ccc(OC(F)(F)F)cc2)n1C1CC1. The number of ether oxygens (including phenoxy) is 1. The van der Waals surface area contributed by atoms with Crippen LogP contribution in [0.5, 0.6) is 5.75 Å². The number of carboxylic acids is 1. The molecule has 7 nitrogen and oxygen atoms in total. The molecule has 1 aromatic carbocycles. The average molecular weight is 390 g/mol. The van der Waals surface area contributed by atoms with Gasteiger partial charge in [0.25, 0.3) is 0 Å². The van der Waals surface area contributed by atoms with E-state index in [9.17, 15) is 23.1 Å². The van der Waals surface area contributed by atoms with E-state index in [4.69, 9.17) is 0 Å². The highest BCUT2D eigenvalue weighted by Gasteiger charge is 2.35. The summed E-state index contributed by atoms with van der Waals surface area (Å²) in [5.74, 6) is -1.16. The molecule has 0 spiro atoms. The maximum Gasteiger partial charge on any atom is 0.573 e. The van der Waals surface area contributed by atoms with Crippen molar-refractivity contribution in [1.82, 2.24) is 19.5 Å². The molecule has 0 aliphatic heterocycles. The van der Waals surface area contributed by atoms with Gasteiger partial charge in [0.1, 0.15) is 23.6 Å². The molecular weight excluding hydrogens is 377 g/mol. The molecule has 1 N–H and O–H groups in total. The predicted molar refractivity (Wildman–Crippen MR) is 90.6 cm³/mol. The van der Waals surface area contributed by atoms with Gasteiger partial charge in [0.2, 0.25) is 0 Å². The topological polar surface area (TPSA) is 90.1 Å². The highest BCUT2D eigenvalue weighted by atomic mass is 19.4. The van der Waals surface area contributed by atoms with Crippen LogP contribution in [-0.4, -0.2) is 37.0 Å². The largest absolute Gasteiger partial charge is 0.573 e. The molecule has 0 atom stereocenters. The van der Waals surface area contributed by atoms with Crippen LogP contribution in [0.1, 0.15) is 29.4 Å². The van der Waals surface area contributed by atoms with Crippen LogP contribution in [0.3, 0.4) is 0 Å². The van der Waals surface area contributed by atoms with Gasteiger partial charge in [-0.25, -0.2) is 19.7 Å². The highest BCUT2D eigenvalue weighted by molar-refractivity contribution is 5.94. The number of halogens is 3. The van der Waals surface area contributed by atoms with Gasteiger partial charge in [-0.3, -0.25) is 0 Å². The Balaban J connectivity index is 1.82. The van der Waals surface area contributed by atoms with Crippen LogP contribution in [0.15, 0.2) is 43.0 Å². The smallest absolute Gasteiger partial charge is 0.477 e. The van der Waals surface area contributed by atoms with E-state index >= 15 is 0 Å². The van der Waals surface area contributed by atoms with Gasteiger partial charge in [0, 0.05) is 29.6 Å². The molecule has 2 heterocycles. The Bertz CT molecular complexity index is 1010. The van der Waals surface area contributed by atoms with Gasteiger partial charge in [-0.2, -0.15) is 0 Å². The number of benzene rings is 1. The van der Waals surface area contributed by atoms with E-state index in [1.807, 2.05) is 0 Å². The molecule has 0 amide bonds. The lowest BCUT2D eigenvalue weighted by atomic mass is 10.2. The van der Waals surface area contributed by atoms with Crippen molar-refractivity contribution in [2.75, 3.05) is 0 Å². The van der Waals surface area contributed by atoms with Crippen molar-refractivity contribution in [1.29, 1.82) is 0 Å². The molecule has 0 unspecified atom stereocenters. The van der Waals surface area contributed by atoms with Gasteiger partial charge in [-0.05, 0) is 37.1 Å². The quantitative estimate of drug-likeness (QED) is 0.710. The minimum atomic E-state index is -4.79. The summed E-state index contributed by atoms with van der Waals surface area (Å²) in [5.41, 5.74) is 1.14. The number of nitrogens with zero attached hydrogens (tertiary/aromatic N) is 4. The molecule has 3 aromatic rings. The van der Waals surface area contributed by atoms with Crippen LogP contribution in [0.2, 0.25) is 0 Å². The van der Waals surface area contributed by atoms with Crippen molar-refractivity contribution >= 4 is 5.97 Å². The zero-order valence-corrected chi connectivity index (χ0v) is 14.2. The lowest BCUT2D eigenvalue weighted by Crippen LogP contribution is -2.17. The molecule has 0 saturated heterocycles. The van der Waals surface area contributed by atoms with E-state index in [1.165, 1.54) is 43.0 Å². The molecule has 0 radical (unpaired) electrons. The van der Waals surface area contributed by atoms with Crippen molar-refractivity contribution < 1.29 is 27.8 Å². The highest BCUT2D eigenvalue weighted by Crippen LogP contribution is 2.42. The predicted octanol–water partition coefficient (Wildman–Crippen LogP) is 3.94. The average Bonchev–Trinajstić information content (AvgIpc) is 3.41. The van der Waals surface area contributed by atoms with Gasteiger partial charge in [-0.1, -0.05) is 0 Å². The Morgan fingerprint density at radius 2 is 1.75 bits per heavy atom. The van der Waals surface area contributed by atoms with Gasteiger partial charge in [-0.15, -0.1) is 13.2 Å². The Morgan fingerprint density at radius 1 is 1.11 bits per heavy atom. The van der Waals surface area contributed by atoms with E-state index in [-0.39, 0.29) is 23.2 Å². The van der Waals surface area contributed by atoms with E-state index in [1.54, 1.807) is 4.57 Å². The third-order valence-electron chi connectivity index (χ3n) is 4.21. The molecule has 0 bridgehead atoms. The molecule has 1 fully saturated rings.